The molecule has 104 valence electrons. The van der Waals surface area contributed by atoms with Gasteiger partial charge in [0.25, 0.3) is 0 Å². The van der Waals surface area contributed by atoms with Crippen LogP contribution in [-0.4, -0.2) is 15.0 Å². The SMILES string of the molecule is c1ccc(-c2ccc3cccc(-c4ccccn4)c3n2)nc1. The van der Waals surface area contributed by atoms with Gasteiger partial charge in [-0.15, -0.1) is 0 Å². The van der Waals surface area contributed by atoms with Crippen LogP contribution >= 0.6 is 0 Å². The molecule has 0 atom stereocenters. The Kier molecular flexibility index (Phi) is 3.09. The Bertz CT molecular complexity index is 919. The van der Waals surface area contributed by atoms with Crippen LogP contribution in [0.2, 0.25) is 0 Å². The van der Waals surface area contributed by atoms with Gasteiger partial charge in [-0.3, -0.25) is 9.97 Å². The summed E-state index contributed by atoms with van der Waals surface area (Å²) in [7, 11) is 0. The normalized spacial score (nSPS) is 10.7. The van der Waals surface area contributed by atoms with Gasteiger partial charge in [-0.1, -0.05) is 36.4 Å². The highest BCUT2D eigenvalue weighted by molar-refractivity contribution is 5.93. The molecule has 4 rings (SSSR count). The van der Waals surface area contributed by atoms with E-state index in [1.807, 2.05) is 48.5 Å². The summed E-state index contributed by atoms with van der Waals surface area (Å²) in [4.78, 5) is 13.6. The number of benzene rings is 1. The first-order valence-electron chi connectivity index (χ1n) is 7.14. The molecule has 3 nitrogen and oxygen atoms in total. The standard InChI is InChI=1S/C19H13N3/c1-3-12-20-16(8-1)15-7-5-6-14-10-11-18(22-19(14)15)17-9-2-4-13-21-17/h1-13H. The summed E-state index contributed by atoms with van der Waals surface area (Å²) in [6.45, 7) is 0. The maximum Gasteiger partial charge on any atom is 0.0894 e. The second-order valence-electron chi connectivity index (χ2n) is 5.00. The zero-order valence-corrected chi connectivity index (χ0v) is 11.8. The average molecular weight is 283 g/mol. The molecule has 0 bridgehead atoms. The Morgan fingerprint density at radius 3 is 2.05 bits per heavy atom. The van der Waals surface area contributed by atoms with Crippen molar-refractivity contribution in [2.45, 2.75) is 0 Å². The van der Waals surface area contributed by atoms with Crippen molar-refractivity contribution in [1.82, 2.24) is 15.0 Å². The van der Waals surface area contributed by atoms with Crippen molar-refractivity contribution in [2.75, 3.05) is 0 Å². The van der Waals surface area contributed by atoms with Gasteiger partial charge in [0.15, 0.2) is 0 Å². The highest BCUT2D eigenvalue weighted by Gasteiger charge is 2.08. The van der Waals surface area contributed by atoms with E-state index in [9.17, 15) is 0 Å². The summed E-state index contributed by atoms with van der Waals surface area (Å²) >= 11 is 0. The molecule has 0 N–H and O–H groups in total. The van der Waals surface area contributed by atoms with Crippen LogP contribution in [0.25, 0.3) is 33.5 Å². The van der Waals surface area contributed by atoms with Gasteiger partial charge in [0.05, 0.1) is 22.6 Å². The quantitative estimate of drug-likeness (QED) is 0.548. The number of rotatable bonds is 2. The first-order chi connectivity index (χ1) is 10.9. The molecule has 0 aliphatic heterocycles. The predicted molar refractivity (Wildman–Crippen MR) is 88.2 cm³/mol. The lowest BCUT2D eigenvalue weighted by atomic mass is 10.1. The van der Waals surface area contributed by atoms with E-state index in [0.29, 0.717) is 0 Å². The van der Waals surface area contributed by atoms with E-state index in [-0.39, 0.29) is 0 Å². The third-order valence-electron chi connectivity index (χ3n) is 3.59. The second kappa shape index (κ2) is 5.37. The number of para-hydroxylation sites is 1. The first kappa shape index (κ1) is 12.7. The van der Waals surface area contributed by atoms with Crippen LogP contribution in [0.4, 0.5) is 0 Å². The van der Waals surface area contributed by atoms with E-state index in [0.717, 1.165) is 33.5 Å². The molecular formula is C19H13N3. The number of hydrogen-bond acceptors (Lipinski definition) is 3. The second-order valence-corrected chi connectivity index (χ2v) is 5.00. The lowest BCUT2D eigenvalue weighted by Crippen LogP contribution is -1.91. The van der Waals surface area contributed by atoms with Crippen molar-refractivity contribution in [3.05, 3.63) is 79.1 Å². The van der Waals surface area contributed by atoms with Crippen molar-refractivity contribution >= 4 is 10.9 Å². The molecular weight excluding hydrogens is 270 g/mol. The van der Waals surface area contributed by atoms with E-state index in [2.05, 4.69) is 28.2 Å². The van der Waals surface area contributed by atoms with Gasteiger partial charge < -0.3 is 0 Å². The zero-order chi connectivity index (χ0) is 14.8. The molecule has 0 aliphatic rings. The van der Waals surface area contributed by atoms with Crippen LogP contribution in [0.5, 0.6) is 0 Å². The van der Waals surface area contributed by atoms with E-state index in [4.69, 9.17) is 4.98 Å². The Labute approximate surface area is 128 Å². The molecule has 3 heterocycles. The Morgan fingerprint density at radius 2 is 1.32 bits per heavy atom. The molecule has 0 saturated carbocycles. The lowest BCUT2D eigenvalue weighted by Gasteiger charge is -2.07. The van der Waals surface area contributed by atoms with Crippen LogP contribution in [0.15, 0.2) is 79.1 Å². The van der Waals surface area contributed by atoms with Gasteiger partial charge >= 0.3 is 0 Å². The monoisotopic (exact) mass is 283 g/mol. The summed E-state index contributed by atoms with van der Waals surface area (Å²) in [5.74, 6) is 0. The molecule has 0 aliphatic carbocycles. The molecule has 3 aromatic heterocycles. The van der Waals surface area contributed by atoms with Gasteiger partial charge in [-0.2, -0.15) is 0 Å². The number of hydrogen-bond donors (Lipinski definition) is 0. The zero-order valence-electron chi connectivity index (χ0n) is 11.8. The molecule has 22 heavy (non-hydrogen) atoms. The van der Waals surface area contributed by atoms with E-state index >= 15 is 0 Å². The molecule has 0 unspecified atom stereocenters. The van der Waals surface area contributed by atoms with Crippen LogP contribution in [0, 0.1) is 0 Å². The molecule has 0 radical (unpaired) electrons. The van der Waals surface area contributed by atoms with Crippen LogP contribution in [0.3, 0.4) is 0 Å². The lowest BCUT2D eigenvalue weighted by molar-refractivity contribution is 1.27. The van der Waals surface area contributed by atoms with Crippen molar-refractivity contribution in [2.24, 2.45) is 0 Å². The van der Waals surface area contributed by atoms with E-state index in [1.54, 1.807) is 12.4 Å². The fraction of sp³-hybridized carbons (Fsp3) is 0. The first-order valence-corrected chi connectivity index (χ1v) is 7.14. The van der Waals surface area contributed by atoms with Gasteiger partial charge in [-0.05, 0) is 30.3 Å². The summed E-state index contributed by atoms with van der Waals surface area (Å²) in [5.41, 5.74) is 4.66. The molecule has 0 fully saturated rings. The van der Waals surface area contributed by atoms with E-state index < -0.39 is 0 Å². The molecule has 0 amide bonds. The smallest absolute Gasteiger partial charge is 0.0894 e. The molecule has 0 spiro atoms. The predicted octanol–water partition coefficient (Wildman–Crippen LogP) is 4.36. The topological polar surface area (TPSA) is 38.7 Å². The van der Waals surface area contributed by atoms with Crippen molar-refractivity contribution < 1.29 is 0 Å². The van der Waals surface area contributed by atoms with Crippen LogP contribution in [-0.2, 0) is 0 Å². The highest BCUT2D eigenvalue weighted by atomic mass is 14.8. The summed E-state index contributed by atoms with van der Waals surface area (Å²) < 4.78 is 0. The van der Waals surface area contributed by atoms with Gasteiger partial charge in [0, 0.05) is 23.3 Å². The fourth-order valence-corrected chi connectivity index (χ4v) is 2.53. The molecule has 4 aromatic rings. The summed E-state index contributed by atoms with van der Waals surface area (Å²) in [6, 6.07) is 22.0. The highest BCUT2D eigenvalue weighted by Crippen LogP contribution is 2.27. The largest absolute Gasteiger partial charge is 0.256 e. The minimum atomic E-state index is 0.872. The number of nitrogens with zero attached hydrogens (tertiary/aromatic N) is 3. The average Bonchev–Trinajstić information content (AvgIpc) is 2.62. The van der Waals surface area contributed by atoms with Crippen molar-refractivity contribution in [3.63, 3.8) is 0 Å². The Balaban J connectivity index is 1.95. The van der Waals surface area contributed by atoms with Crippen LogP contribution in [0.1, 0.15) is 0 Å². The van der Waals surface area contributed by atoms with E-state index in [1.165, 1.54) is 0 Å². The summed E-state index contributed by atoms with van der Waals surface area (Å²) in [6.07, 6.45) is 3.59. The summed E-state index contributed by atoms with van der Waals surface area (Å²) in [5, 5.41) is 1.10. The maximum atomic E-state index is 4.82. The molecule has 1 aromatic carbocycles. The van der Waals surface area contributed by atoms with Crippen molar-refractivity contribution in [1.29, 1.82) is 0 Å². The number of fused-ring (bicyclic) bond motifs is 1. The maximum absolute atomic E-state index is 4.82. The van der Waals surface area contributed by atoms with Crippen LogP contribution < -0.4 is 0 Å². The fourth-order valence-electron chi connectivity index (χ4n) is 2.53. The molecule has 0 saturated heterocycles. The Hall–Kier alpha value is -3.07. The van der Waals surface area contributed by atoms with Gasteiger partial charge in [0.2, 0.25) is 0 Å². The number of aromatic nitrogens is 3. The third-order valence-corrected chi connectivity index (χ3v) is 3.59. The van der Waals surface area contributed by atoms with Gasteiger partial charge in [0.1, 0.15) is 0 Å². The van der Waals surface area contributed by atoms with Gasteiger partial charge in [-0.25, -0.2) is 4.98 Å². The third kappa shape index (κ3) is 2.23. The number of pyridine rings is 3. The van der Waals surface area contributed by atoms with Crippen molar-refractivity contribution in [3.8, 4) is 22.6 Å². The minimum absolute atomic E-state index is 0.872. The molecule has 3 heteroatoms. The minimum Gasteiger partial charge on any atom is -0.256 e. The Morgan fingerprint density at radius 1 is 0.545 bits per heavy atom.